The summed E-state index contributed by atoms with van der Waals surface area (Å²) in [7, 11) is 2.40. The van der Waals surface area contributed by atoms with Crippen LogP contribution in [0.4, 0.5) is 5.69 Å². The van der Waals surface area contributed by atoms with Crippen LogP contribution in [-0.2, 0) is 17.8 Å². The number of nitrogens with zero attached hydrogens (tertiary/aromatic N) is 2. The zero-order chi connectivity index (χ0) is 19.1. The fraction of sp³-hybridized carbons (Fsp3) is 0.286. The number of benzene rings is 2. The summed E-state index contributed by atoms with van der Waals surface area (Å²) in [5, 5.41) is 1.03. The minimum absolute atomic E-state index is 0.123. The number of anilines is 1. The van der Waals surface area contributed by atoms with Crippen LogP contribution in [0.3, 0.4) is 0 Å². The van der Waals surface area contributed by atoms with Crippen LogP contribution in [-0.4, -0.2) is 26.5 Å². The van der Waals surface area contributed by atoms with Crippen LogP contribution < -0.4 is 4.90 Å². The number of fused-ring (bicyclic) bond motifs is 1. The largest absolute Gasteiger partial charge is 0.340 e. The van der Waals surface area contributed by atoms with Gasteiger partial charge in [0.2, 0.25) is 0 Å². The molecule has 5 heteroatoms. The summed E-state index contributed by atoms with van der Waals surface area (Å²) >= 11 is 0. The van der Waals surface area contributed by atoms with Crippen molar-refractivity contribution in [2.45, 2.75) is 30.4 Å². The molecule has 136 valence electrons. The number of amides is 1. The standard InChI is InChI=1S/C21H24N2O2S/c1-21(2,3)26(25)19-13-9-8-12-17(19)23(5)20(24)18-14-15-10-6-7-11-16(15)22(18)4/h6-14H,1-5H3. The first kappa shape index (κ1) is 18.4. The van der Waals surface area contributed by atoms with Crippen LogP contribution in [0.5, 0.6) is 0 Å². The van der Waals surface area contributed by atoms with Crippen LogP contribution >= 0.6 is 0 Å². The molecule has 26 heavy (non-hydrogen) atoms. The van der Waals surface area contributed by atoms with E-state index in [2.05, 4.69) is 0 Å². The third-order valence-electron chi connectivity index (χ3n) is 4.46. The normalized spacial score (nSPS) is 13.0. The Hall–Kier alpha value is -2.40. The molecule has 3 aromatic rings. The lowest BCUT2D eigenvalue weighted by Gasteiger charge is -2.24. The van der Waals surface area contributed by atoms with Crippen molar-refractivity contribution in [3.05, 3.63) is 60.3 Å². The summed E-state index contributed by atoms with van der Waals surface area (Å²) in [6, 6.07) is 17.2. The molecule has 0 spiro atoms. The SMILES string of the molecule is CN(C(=O)c1cc2ccccc2n1C)c1ccccc1S(=O)C(C)(C)C. The van der Waals surface area contributed by atoms with Crippen molar-refractivity contribution in [3.8, 4) is 0 Å². The molecule has 0 N–H and O–H groups in total. The summed E-state index contributed by atoms with van der Waals surface area (Å²) in [5.74, 6) is -0.123. The summed E-state index contributed by atoms with van der Waals surface area (Å²) < 4.78 is 14.4. The highest BCUT2D eigenvalue weighted by molar-refractivity contribution is 7.86. The van der Waals surface area contributed by atoms with Gasteiger partial charge in [0.15, 0.2) is 0 Å². The highest BCUT2D eigenvalue weighted by atomic mass is 32.2. The van der Waals surface area contributed by atoms with Crippen molar-refractivity contribution < 1.29 is 9.00 Å². The first-order valence-corrected chi connectivity index (χ1v) is 9.70. The van der Waals surface area contributed by atoms with Gasteiger partial charge in [-0.3, -0.25) is 9.00 Å². The van der Waals surface area contributed by atoms with Gasteiger partial charge in [0.05, 0.1) is 21.4 Å². The quantitative estimate of drug-likeness (QED) is 0.689. The molecule has 3 rings (SSSR count). The molecule has 0 aliphatic rings. The zero-order valence-corrected chi connectivity index (χ0v) is 16.6. The summed E-state index contributed by atoms with van der Waals surface area (Å²) in [4.78, 5) is 15.4. The lowest BCUT2D eigenvalue weighted by atomic mass is 10.2. The van der Waals surface area contributed by atoms with E-state index in [-0.39, 0.29) is 5.91 Å². The van der Waals surface area contributed by atoms with Gasteiger partial charge in [-0.1, -0.05) is 30.3 Å². The van der Waals surface area contributed by atoms with Gasteiger partial charge in [-0.2, -0.15) is 0 Å². The number of para-hydroxylation sites is 2. The van der Waals surface area contributed by atoms with Crippen LogP contribution in [0.1, 0.15) is 31.3 Å². The second kappa shape index (κ2) is 6.72. The Kier molecular flexibility index (Phi) is 4.76. The number of carbonyl (C=O) groups excluding carboxylic acids is 1. The average molecular weight is 369 g/mol. The Bertz CT molecular complexity index is 999. The summed E-state index contributed by atoms with van der Waals surface area (Å²) in [6.45, 7) is 5.81. The van der Waals surface area contributed by atoms with E-state index in [0.717, 1.165) is 10.9 Å². The molecule has 1 amide bonds. The van der Waals surface area contributed by atoms with E-state index < -0.39 is 15.5 Å². The molecule has 0 aliphatic heterocycles. The Labute approximate surface area is 156 Å². The lowest BCUT2D eigenvalue weighted by Crippen LogP contribution is -2.30. The van der Waals surface area contributed by atoms with Crippen LogP contribution in [0.25, 0.3) is 10.9 Å². The van der Waals surface area contributed by atoms with Crippen molar-refractivity contribution in [3.63, 3.8) is 0 Å². The minimum Gasteiger partial charge on any atom is -0.340 e. The monoisotopic (exact) mass is 368 g/mol. The first-order chi connectivity index (χ1) is 12.2. The molecule has 0 saturated carbocycles. The third kappa shape index (κ3) is 3.19. The second-order valence-corrected chi connectivity index (χ2v) is 9.56. The van der Waals surface area contributed by atoms with Crippen LogP contribution in [0.15, 0.2) is 59.5 Å². The van der Waals surface area contributed by atoms with Gasteiger partial charge in [0.1, 0.15) is 5.69 Å². The fourth-order valence-electron chi connectivity index (χ4n) is 3.00. The van der Waals surface area contributed by atoms with Crippen molar-refractivity contribution in [2.24, 2.45) is 7.05 Å². The van der Waals surface area contributed by atoms with Gasteiger partial charge < -0.3 is 9.47 Å². The highest BCUT2D eigenvalue weighted by Crippen LogP contribution is 2.30. The van der Waals surface area contributed by atoms with Gasteiger partial charge in [-0.15, -0.1) is 0 Å². The lowest BCUT2D eigenvalue weighted by molar-refractivity contribution is 0.0985. The molecule has 4 nitrogen and oxygen atoms in total. The second-order valence-electron chi connectivity index (χ2n) is 7.36. The van der Waals surface area contributed by atoms with Crippen molar-refractivity contribution >= 4 is 33.3 Å². The molecule has 1 aromatic heterocycles. The summed E-state index contributed by atoms with van der Waals surface area (Å²) in [5.41, 5.74) is 2.29. The molecular formula is C21H24N2O2S. The van der Waals surface area contributed by atoms with Gasteiger partial charge >= 0.3 is 0 Å². The van der Waals surface area contributed by atoms with E-state index in [1.807, 2.05) is 87.0 Å². The maximum Gasteiger partial charge on any atom is 0.274 e. The van der Waals surface area contributed by atoms with E-state index in [0.29, 0.717) is 16.3 Å². The fourth-order valence-corrected chi connectivity index (χ4v) is 4.25. The van der Waals surface area contributed by atoms with Crippen molar-refractivity contribution in [2.75, 3.05) is 11.9 Å². The molecule has 0 bridgehead atoms. The molecular weight excluding hydrogens is 344 g/mol. The van der Waals surface area contributed by atoms with Crippen LogP contribution in [0, 0.1) is 0 Å². The average Bonchev–Trinajstić information content (AvgIpc) is 2.96. The number of hydrogen-bond acceptors (Lipinski definition) is 2. The van der Waals surface area contributed by atoms with E-state index in [1.165, 1.54) is 0 Å². The molecule has 0 radical (unpaired) electrons. The molecule has 2 aromatic carbocycles. The molecule has 0 aliphatic carbocycles. The van der Waals surface area contributed by atoms with Gasteiger partial charge in [0.25, 0.3) is 5.91 Å². The van der Waals surface area contributed by atoms with E-state index in [1.54, 1.807) is 11.9 Å². The maximum absolute atomic E-state index is 13.2. The molecule has 0 saturated heterocycles. The smallest absolute Gasteiger partial charge is 0.274 e. The maximum atomic E-state index is 13.2. The minimum atomic E-state index is -1.23. The highest BCUT2D eigenvalue weighted by Gasteiger charge is 2.27. The Balaban J connectivity index is 2.04. The first-order valence-electron chi connectivity index (χ1n) is 8.55. The number of rotatable bonds is 3. The predicted molar refractivity (Wildman–Crippen MR) is 108 cm³/mol. The topological polar surface area (TPSA) is 42.3 Å². The Morgan fingerprint density at radius 2 is 1.65 bits per heavy atom. The molecule has 0 fully saturated rings. The van der Waals surface area contributed by atoms with Crippen LogP contribution in [0.2, 0.25) is 0 Å². The van der Waals surface area contributed by atoms with Gasteiger partial charge in [-0.25, -0.2) is 0 Å². The van der Waals surface area contributed by atoms with Gasteiger partial charge in [0, 0.05) is 29.7 Å². The Morgan fingerprint density at radius 3 is 2.31 bits per heavy atom. The number of aromatic nitrogens is 1. The number of hydrogen-bond donors (Lipinski definition) is 0. The van der Waals surface area contributed by atoms with E-state index in [9.17, 15) is 9.00 Å². The zero-order valence-electron chi connectivity index (χ0n) is 15.8. The predicted octanol–water partition coefficient (Wildman–Crippen LogP) is 4.36. The van der Waals surface area contributed by atoms with E-state index in [4.69, 9.17) is 0 Å². The number of aryl methyl sites for hydroxylation is 1. The Morgan fingerprint density at radius 1 is 1.04 bits per heavy atom. The van der Waals surface area contributed by atoms with Crippen molar-refractivity contribution in [1.29, 1.82) is 0 Å². The van der Waals surface area contributed by atoms with Gasteiger partial charge in [-0.05, 0) is 45.0 Å². The summed E-state index contributed by atoms with van der Waals surface area (Å²) in [6.07, 6.45) is 0. The molecule has 1 unspecified atom stereocenters. The molecule has 1 atom stereocenters. The van der Waals surface area contributed by atoms with Crippen molar-refractivity contribution in [1.82, 2.24) is 4.57 Å². The number of carbonyl (C=O) groups is 1. The molecule has 1 heterocycles. The third-order valence-corrected chi connectivity index (χ3v) is 6.32. The van der Waals surface area contributed by atoms with E-state index >= 15 is 0 Å².